The van der Waals surface area contributed by atoms with Crippen molar-refractivity contribution < 1.29 is 4.79 Å². The van der Waals surface area contributed by atoms with E-state index in [4.69, 9.17) is 0 Å². The third kappa shape index (κ3) is 3.33. The fourth-order valence-corrected chi connectivity index (χ4v) is 2.93. The van der Waals surface area contributed by atoms with Crippen LogP contribution in [0.3, 0.4) is 0 Å². The van der Waals surface area contributed by atoms with Crippen molar-refractivity contribution >= 4 is 11.7 Å². The molecule has 2 aromatic heterocycles. The molecule has 2 aromatic rings. The number of carbonyl (C=O) groups is 1. The monoisotopic (exact) mass is 314 g/mol. The minimum atomic E-state index is -0.114. The molecule has 0 aliphatic carbocycles. The van der Waals surface area contributed by atoms with Gasteiger partial charge in [-0.25, -0.2) is 4.98 Å². The summed E-state index contributed by atoms with van der Waals surface area (Å²) in [5.41, 5.74) is 2.35. The van der Waals surface area contributed by atoms with Crippen molar-refractivity contribution in [3.05, 3.63) is 35.5 Å². The highest BCUT2D eigenvalue weighted by Gasteiger charge is 2.24. The van der Waals surface area contributed by atoms with Crippen LogP contribution in [0.15, 0.2) is 18.5 Å². The van der Waals surface area contributed by atoms with E-state index in [2.05, 4.69) is 25.3 Å². The van der Waals surface area contributed by atoms with Crippen molar-refractivity contribution in [2.24, 2.45) is 7.05 Å². The van der Waals surface area contributed by atoms with Crippen LogP contribution in [0, 0.1) is 13.8 Å². The van der Waals surface area contributed by atoms with Crippen LogP contribution in [-0.4, -0.2) is 44.8 Å². The van der Waals surface area contributed by atoms with E-state index in [0.717, 1.165) is 43.1 Å². The van der Waals surface area contributed by atoms with Crippen LogP contribution in [0.5, 0.6) is 0 Å². The molecule has 1 unspecified atom stereocenters. The van der Waals surface area contributed by atoms with E-state index in [-0.39, 0.29) is 11.9 Å². The molecule has 0 bridgehead atoms. The molecule has 0 radical (unpaired) electrons. The molecule has 1 N–H and O–H groups in total. The number of carbonyl (C=O) groups excluding carboxylic acids is 1. The lowest BCUT2D eigenvalue weighted by Crippen LogP contribution is -2.48. The Morgan fingerprint density at radius 2 is 2.09 bits per heavy atom. The quantitative estimate of drug-likeness (QED) is 0.922. The van der Waals surface area contributed by atoms with E-state index in [1.54, 1.807) is 17.1 Å². The van der Waals surface area contributed by atoms with E-state index in [9.17, 15) is 4.79 Å². The first-order valence-electron chi connectivity index (χ1n) is 7.88. The van der Waals surface area contributed by atoms with Crippen molar-refractivity contribution in [3.63, 3.8) is 0 Å². The van der Waals surface area contributed by atoms with Crippen molar-refractivity contribution in [2.75, 3.05) is 18.0 Å². The number of hydrogen-bond donors (Lipinski definition) is 1. The number of piperidine rings is 1. The Morgan fingerprint density at radius 3 is 2.78 bits per heavy atom. The maximum atomic E-state index is 12.4. The highest BCUT2D eigenvalue weighted by atomic mass is 16.2. The molecule has 1 amide bonds. The smallest absolute Gasteiger partial charge is 0.272 e. The van der Waals surface area contributed by atoms with Crippen LogP contribution in [0.2, 0.25) is 0 Å². The van der Waals surface area contributed by atoms with E-state index >= 15 is 0 Å². The van der Waals surface area contributed by atoms with Crippen molar-refractivity contribution in [1.82, 2.24) is 25.1 Å². The van der Waals surface area contributed by atoms with Gasteiger partial charge in [0.2, 0.25) is 0 Å². The molecule has 3 heterocycles. The third-order valence-corrected chi connectivity index (χ3v) is 4.26. The van der Waals surface area contributed by atoms with Gasteiger partial charge in [0.25, 0.3) is 5.91 Å². The topological polar surface area (TPSA) is 75.9 Å². The Hall–Kier alpha value is -2.44. The Labute approximate surface area is 135 Å². The summed E-state index contributed by atoms with van der Waals surface area (Å²) in [6.07, 6.45) is 5.39. The molecule has 7 heteroatoms. The van der Waals surface area contributed by atoms with Crippen molar-refractivity contribution in [2.45, 2.75) is 32.7 Å². The first-order chi connectivity index (χ1) is 11.0. The normalized spacial score (nSPS) is 18.0. The van der Waals surface area contributed by atoms with E-state index in [1.807, 2.05) is 27.0 Å². The molecule has 0 aromatic carbocycles. The molecule has 1 aliphatic heterocycles. The fraction of sp³-hybridized carbons (Fsp3) is 0.500. The maximum Gasteiger partial charge on any atom is 0.272 e. The average molecular weight is 314 g/mol. The number of nitrogens with one attached hydrogen (secondary N) is 1. The summed E-state index contributed by atoms with van der Waals surface area (Å²) in [5.74, 6) is 0.788. The number of amides is 1. The standard InChI is InChI=1S/C16H22N6O/c1-11-9-14(20-21(11)3)16(23)19-13-5-4-8-22(10-13)15-12(2)17-6-7-18-15/h6-7,9,13H,4-5,8,10H2,1-3H3,(H,19,23). The molecule has 1 aliphatic rings. The lowest BCUT2D eigenvalue weighted by atomic mass is 10.1. The van der Waals surface area contributed by atoms with Gasteiger partial charge in [0.15, 0.2) is 0 Å². The van der Waals surface area contributed by atoms with Gasteiger partial charge in [-0.2, -0.15) is 5.10 Å². The van der Waals surface area contributed by atoms with Crippen LogP contribution >= 0.6 is 0 Å². The Bertz CT molecular complexity index is 691. The Balaban J connectivity index is 1.67. The van der Waals surface area contributed by atoms with Gasteiger partial charge in [-0.15, -0.1) is 0 Å². The van der Waals surface area contributed by atoms with Crippen LogP contribution in [0.4, 0.5) is 5.82 Å². The van der Waals surface area contributed by atoms with E-state index in [1.165, 1.54) is 0 Å². The van der Waals surface area contributed by atoms with Gasteiger partial charge in [-0.3, -0.25) is 14.5 Å². The molecule has 7 nitrogen and oxygen atoms in total. The maximum absolute atomic E-state index is 12.4. The van der Waals surface area contributed by atoms with E-state index < -0.39 is 0 Å². The second-order valence-corrected chi connectivity index (χ2v) is 6.02. The molecule has 0 spiro atoms. The predicted molar refractivity (Wildman–Crippen MR) is 87.4 cm³/mol. The number of aryl methyl sites for hydroxylation is 3. The average Bonchev–Trinajstić information content (AvgIpc) is 2.88. The molecule has 1 fully saturated rings. The summed E-state index contributed by atoms with van der Waals surface area (Å²) in [6, 6.07) is 1.91. The number of anilines is 1. The highest BCUT2D eigenvalue weighted by molar-refractivity contribution is 5.92. The number of nitrogens with zero attached hydrogens (tertiary/aromatic N) is 5. The number of hydrogen-bond acceptors (Lipinski definition) is 5. The first-order valence-corrected chi connectivity index (χ1v) is 7.88. The van der Waals surface area contributed by atoms with Gasteiger partial charge in [0.1, 0.15) is 11.5 Å². The third-order valence-electron chi connectivity index (χ3n) is 4.26. The van der Waals surface area contributed by atoms with Gasteiger partial charge in [0.05, 0.1) is 5.69 Å². The molecular weight excluding hydrogens is 292 g/mol. The lowest BCUT2D eigenvalue weighted by molar-refractivity contribution is 0.0927. The molecule has 3 rings (SSSR count). The van der Waals surface area contributed by atoms with Gasteiger partial charge < -0.3 is 10.2 Å². The largest absolute Gasteiger partial charge is 0.353 e. The van der Waals surface area contributed by atoms with Crippen LogP contribution in [0.1, 0.15) is 34.7 Å². The second-order valence-electron chi connectivity index (χ2n) is 6.02. The highest BCUT2D eigenvalue weighted by Crippen LogP contribution is 2.20. The zero-order valence-electron chi connectivity index (χ0n) is 13.8. The fourth-order valence-electron chi connectivity index (χ4n) is 2.93. The van der Waals surface area contributed by atoms with Crippen molar-refractivity contribution in [1.29, 1.82) is 0 Å². The molecule has 23 heavy (non-hydrogen) atoms. The van der Waals surface area contributed by atoms with Crippen LogP contribution in [0.25, 0.3) is 0 Å². The van der Waals surface area contributed by atoms with Gasteiger partial charge >= 0.3 is 0 Å². The zero-order chi connectivity index (χ0) is 16.4. The summed E-state index contributed by atoms with van der Waals surface area (Å²) >= 11 is 0. The van der Waals surface area contributed by atoms with Gasteiger partial charge in [-0.05, 0) is 32.8 Å². The minimum absolute atomic E-state index is 0.0972. The molecule has 122 valence electrons. The van der Waals surface area contributed by atoms with E-state index in [0.29, 0.717) is 5.69 Å². The summed E-state index contributed by atoms with van der Waals surface area (Å²) < 4.78 is 1.71. The summed E-state index contributed by atoms with van der Waals surface area (Å²) in [6.45, 7) is 5.58. The number of aromatic nitrogens is 4. The first kappa shape index (κ1) is 15.5. The minimum Gasteiger partial charge on any atom is -0.353 e. The van der Waals surface area contributed by atoms with Crippen LogP contribution in [-0.2, 0) is 7.05 Å². The van der Waals surface area contributed by atoms with Crippen LogP contribution < -0.4 is 10.2 Å². The lowest BCUT2D eigenvalue weighted by Gasteiger charge is -2.34. The summed E-state index contributed by atoms with van der Waals surface area (Å²) in [7, 11) is 1.84. The zero-order valence-corrected chi connectivity index (χ0v) is 13.8. The predicted octanol–water partition coefficient (Wildman–Crippen LogP) is 1.23. The molecular formula is C16H22N6O. The summed E-state index contributed by atoms with van der Waals surface area (Å²) in [4.78, 5) is 23.3. The molecule has 0 saturated carbocycles. The summed E-state index contributed by atoms with van der Waals surface area (Å²) in [5, 5.41) is 7.33. The Morgan fingerprint density at radius 1 is 1.30 bits per heavy atom. The van der Waals surface area contributed by atoms with Crippen molar-refractivity contribution in [3.8, 4) is 0 Å². The van der Waals surface area contributed by atoms with Gasteiger partial charge in [0, 0.05) is 44.3 Å². The number of rotatable bonds is 3. The van der Waals surface area contributed by atoms with Gasteiger partial charge in [-0.1, -0.05) is 0 Å². The second kappa shape index (κ2) is 6.36. The SMILES string of the molecule is Cc1nccnc1N1CCCC(NC(=O)c2cc(C)n(C)n2)C1. The molecule has 1 atom stereocenters. The Kier molecular flexibility index (Phi) is 4.27. The molecule has 1 saturated heterocycles.